The van der Waals surface area contributed by atoms with E-state index < -0.39 is 11.8 Å². The second-order valence-electron chi connectivity index (χ2n) is 12.5. The molecule has 4 saturated heterocycles. The summed E-state index contributed by atoms with van der Waals surface area (Å²) in [5, 5.41) is 19.1. The van der Waals surface area contributed by atoms with E-state index in [1.807, 2.05) is 60.7 Å². The molecule has 4 heterocycles. The summed E-state index contributed by atoms with van der Waals surface area (Å²) in [5.41, 5.74) is 1.64. The largest absolute Gasteiger partial charge is 0.462 e. The lowest BCUT2D eigenvalue weighted by Gasteiger charge is -2.36. The number of carbonyl (C=O) groups is 2. The molecule has 4 unspecified atom stereocenters. The van der Waals surface area contributed by atoms with Crippen LogP contribution < -0.4 is 0 Å². The van der Waals surface area contributed by atoms with Crippen molar-refractivity contribution < 1.29 is 29.3 Å². The van der Waals surface area contributed by atoms with Crippen LogP contribution >= 0.6 is 0 Å². The van der Waals surface area contributed by atoms with Gasteiger partial charge in [-0.3, -0.25) is 9.59 Å². The number of ether oxygens (including phenoxy) is 2. The van der Waals surface area contributed by atoms with Gasteiger partial charge in [0.2, 0.25) is 0 Å². The zero-order chi connectivity index (χ0) is 29.6. The van der Waals surface area contributed by atoms with Crippen molar-refractivity contribution in [3.63, 3.8) is 0 Å². The van der Waals surface area contributed by atoms with E-state index in [1.54, 1.807) is 0 Å². The number of piperidine rings is 2. The van der Waals surface area contributed by atoms with E-state index >= 15 is 0 Å². The fourth-order valence-electron chi connectivity index (χ4n) is 7.41. The van der Waals surface area contributed by atoms with Crippen molar-refractivity contribution in [1.82, 2.24) is 9.80 Å². The molecule has 2 N–H and O–H groups in total. The minimum Gasteiger partial charge on any atom is -0.462 e. The Morgan fingerprint density at radius 2 is 0.952 bits per heavy atom. The molecule has 4 fully saturated rings. The Hall–Kier alpha value is -2.78. The summed E-state index contributed by atoms with van der Waals surface area (Å²) in [7, 11) is 4.34. The highest BCUT2D eigenvalue weighted by Gasteiger charge is 2.41. The van der Waals surface area contributed by atoms with Gasteiger partial charge in [-0.05, 0) is 76.6 Å². The molecule has 0 spiro atoms. The molecule has 4 aliphatic heterocycles. The molecule has 2 aromatic rings. The maximum Gasteiger partial charge on any atom is 0.316 e. The molecular formula is C34H46N2O6. The lowest BCUT2D eigenvalue weighted by atomic mass is 9.98. The molecule has 4 bridgehead atoms. The van der Waals surface area contributed by atoms with Crippen LogP contribution in [0.15, 0.2) is 60.7 Å². The van der Waals surface area contributed by atoms with Gasteiger partial charge in [0, 0.05) is 24.2 Å². The van der Waals surface area contributed by atoms with Crippen molar-refractivity contribution in [2.24, 2.45) is 0 Å². The number of hydrogen-bond donors (Lipinski definition) is 2. The monoisotopic (exact) mass is 578 g/mol. The topological polar surface area (TPSA) is 99.5 Å². The molecule has 2 aromatic carbocycles. The average molecular weight is 579 g/mol. The number of aliphatic hydroxyl groups is 2. The van der Waals surface area contributed by atoms with Gasteiger partial charge in [-0.25, -0.2) is 0 Å². The summed E-state index contributed by atoms with van der Waals surface area (Å²) < 4.78 is 11.4. The molecule has 42 heavy (non-hydrogen) atoms. The highest BCUT2D eigenvalue weighted by atomic mass is 16.5. The van der Waals surface area contributed by atoms with E-state index in [9.17, 15) is 19.8 Å². The zero-order valence-corrected chi connectivity index (χ0v) is 24.9. The maximum atomic E-state index is 12.4. The van der Waals surface area contributed by atoms with Crippen molar-refractivity contribution in [2.45, 2.75) is 99.6 Å². The molecule has 0 aliphatic carbocycles. The Morgan fingerprint density at radius 3 is 1.24 bits per heavy atom. The highest BCUT2D eigenvalue weighted by Crippen LogP contribution is 2.37. The Labute approximate surface area is 249 Å². The van der Waals surface area contributed by atoms with Crippen LogP contribution in [0.1, 0.15) is 74.3 Å². The van der Waals surface area contributed by atoms with Gasteiger partial charge in [-0.2, -0.15) is 0 Å². The molecule has 0 aromatic heterocycles. The predicted molar refractivity (Wildman–Crippen MR) is 160 cm³/mol. The first-order chi connectivity index (χ1) is 20.4. The van der Waals surface area contributed by atoms with Crippen molar-refractivity contribution in [3.05, 3.63) is 71.8 Å². The molecule has 8 nitrogen and oxygen atoms in total. The van der Waals surface area contributed by atoms with Crippen LogP contribution in [-0.2, 0) is 19.1 Å². The summed E-state index contributed by atoms with van der Waals surface area (Å²) in [6, 6.07) is 20.9. The minimum absolute atomic E-state index is 0.00367. The van der Waals surface area contributed by atoms with Crippen molar-refractivity contribution >= 4 is 11.9 Å². The average Bonchev–Trinajstić information content (AvgIpc) is 3.32. The SMILES string of the molecule is CN1C2CC[C@@H]1CC(OC(=O)[C@@H](CO)c1ccccc1)C2.CN1C2CC[C@H]1CC(OC(=O)[C@H](CO)c1ccccc1)C2. The number of esters is 2. The third-order valence-electron chi connectivity index (χ3n) is 10.0. The maximum absolute atomic E-state index is 12.4. The molecule has 0 amide bonds. The number of benzene rings is 2. The van der Waals surface area contributed by atoms with Gasteiger partial charge in [-0.15, -0.1) is 0 Å². The van der Waals surface area contributed by atoms with Crippen molar-refractivity contribution in [1.29, 1.82) is 0 Å². The number of carbonyl (C=O) groups excluding carboxylic acids is 2. The van der Waals surface area contributed by atoms with Crippen molar-refractivity contribution in [3.8, 4) is 0 Å². The molecule has 4 aliphatic rings. The number of nitrogens with zero attached hydrogens (tertiary/aromatic N) is 2. The van der Waals surface area contributed by atoms with E-state index in [0.717, 1.165) is 36.8 Å². The van der Waals surface area contributed by atoms with Gasteiger partial charge >= 0.3 is 11.9 Å². The van der Waals surface area contributed by atoms with E-state index in [4.69, 9.17) is 9.47 Å². The summed E-state index contributed by atoms with van der Waals surface area (Å²) in [4.78, 5) is 29.6. The lowest BCUT2D eigenvalue weighted by Crippen LogP contribution is -2.43. The Bertz CT molecular complexity index is 1040. The van der Waals surface area contributed by atoms with Crippen LogP contribution in [0.3, 0.4) is 0 Å². The highest BCUT2D eigenvalue weighted by molar-refractivity contribution is 5.79. The van der Waals surface area contributed by atoms with E-state index in [1.165, 1.54) is 25.7 Å². The standard InChI is InChI=1S/2C17H23NO3/c2*1-18-13-7-8-14(18)10-15(9-13)21-17(20)16(11-19)12-5-3-2-4-6-12/h2*2-6,13-16,19H,7-11H2,1H3/t2*13-,14?,15?,16+/m10/s1. The van der Waals surface area contributed by atoms with Gasteiger partial charge in [0.05, 0.1) is 13.2 Å². The molecule has 8 heteroatoms. The van der Waals surface area contributed by atoms with Crippen LogP contribution in [0.25, 0.3) is 0 Å². The fraction of sp³-hybridized carbons (Fsp3) is 0.588. The summed E-state index contributed by atoms with van der Waals surface area (Å²) in [6.07, 6.45) is 8.52. The predicted octanol–water partition coefficient (Wildman–Crippen LogP) is 3.86. The van der Waals surface area contributed by atoms with Crippen LogP contribution in [-0.4, -0.2) is 95.6 Å². The Morgan fingerprint density at radius 1 is 0.643 bits per heavy atom. The number of aliphatic hydroxyl groups excluding tert-OH is 2. The zero-order valence-electron chi connectivity index (χ0n) is 24.9. The smallest absolute Gasteiger partial charge is 0.316 e. The molecule has 6 rings (SSSR count). The van der Waals surface area contributed by atoms with E-state index in [-0.39, 0.29) is 37.4 Å². The molecule has 0 radical (unpaired) electrons. The van der Waals surface area contributed by atoms with Gasteiger partial charge in [0.1, 0.15) is 24.0 Å². The Balaban J connectivity index is 0.000000168. The minimum atomic E-state index is -0.566. The van der Waals surface area contributed by atoms with Crippen LogP contribution in [0.4, 0.5) is 0 Å². The number of hydrogen-bond acceptors (Lipinski definition) is 8. The van der Waals surface area contributed by atoms with Crippen LogP contribution in [0.2, 0.25) is 0 Å². The molecule has 8 atom stereocenters. The molecule has 228 valence electrons. The number of fused-ring (bicyclic) bond motifs is 4. The van der Waals surface area contributed by atoms with Crippen LogP contribution in [0, 0.1) is 0 Å². The second-order valence-corrected chi connectivity index (χ2v) is 12.5. The first-order valence-corrected chi connectivity index (χ1v) is 15.5. The quantitative estimate of drug-likeness (QED) is 0.456. The normalized spacial score (nSPS) is 30.1. The van der Waals surface area contributed by atoms with Gasteiger partial charge in [0.25, 0.3) is 0 Å². The van der Waals surface area contributed by atoms with Gasteiger partial charge in [0.15, 0.2) is 0 Å². The number of rotatable bonds is 8. The van der Waals surface area contributed by atoms with E-state index in [2.05, 4.69) is 23.9 Å². The lowest BCUT2D eigenvalue weighted by molar-refractivity contribution is -0.156. The molecular weight excluding hydrogens is 532 g/mol. The Kier molecular flexibility index (Phi) is 10.3. The second kappa shape index (κ2) is 14.1. The van der Waals surface area contributed by atoms with Crippen molar-refractivity contribution in [2.75, 3.05) is 27.3 Å². The fourth-order valence-corrected chi connectivity index (χ4v) is 7.41. The first kappa shape index (κ1) is 30.7. The van der Waals surface area contributed by atoms with Gasteiger partial charge in [-0.1, -0.05) is 60.7 Å². The van der Waals surface area contributed by atoms with Crippen LogP contribution in [0.5, 0.6) is 0 Å². The van der Waals surface area contributed by atoms with E-state index in [0.29, 0.717) is 24.2 Å². The summed E-state index contributed by atoms with van der Waals surface area (Å²) in [6.45, 7) is -0.412. The third-order valence-corrected chi connectivity index (χ3v) is 10.0. The summed E-state index contributed by atoms with van der Waals surface area (Å²) in [5.74, 6) is -1.72. The van der Waals surface area contributed by atoms with Gasteiger partial charge < -0.3 is 29.5 Å². The summed E-state index contributed by atoms with van der Waals surface area (Å²) >= 11 is 0. The molecule has 0 saturated carbocycles. The third kappa shape index (κ3) is 7.05. The first-order valence-electron chi connectivity index (χ1n) is 15.5.